The lowest BCUT2D eigenvalue weighted by Gasteiger charge is -2.07. The Kier molecular flexibility index (Phi) is 5.29. The fourth-order valence-electron chi connectivity index (χ4n) is 2.95. The molecule has 4 aromatic rings. The summed E-state index contributed by atoms with van der Waals surface area (Å²) in [5.41, 5.74) is 2.51. The summed E-state index contributed by atoms with van der Waals surface area (Å²) in [5.74, 6) is 0.419. The number of nitrogens with zero attached hydrogens (tertiary/aromatic N) is 3. The Bertz CT molecular complexity index is 1140. The topological polar surface area (TPSA) is 88.4 Å². The normalized spacial score (nSPS) is 10.6. The van der Waals surface area contributed by atoms with Crippen molar-refractivity contribution in [2.24, 2.45) is 0 Å². The Hall–Kier alpha value is -4.00. The first kappa shape index (κ1) is 18.4. The summed E-state index contributed by atoms with van der Waals surface area (Å²) in [5, 5.41) is 13.9. The third-order valence-corrected chi connectivity index (χ3v) is 4.46. The highest BCUT2D eigenvalue weighted by molar-refractivity contribution is 6.04. The molecule has 2 N–H and O–H groups in total. The number of carbonyl (C=O) groups excluding carboxylic acids is 2. The Balaban J connectivity index is 1.31. The fraction of sp³-hybridized carbons (Fsp3) is 0.0909. The molecule has 0 saturated heterocycles. The first-order valence-electron chi connectivity index (χ1n) is 9.24. The van der Waals surface area contributed by atoms with Gasteiger partial charge in [-0.15, -0.1) is 10.2 Å². The van der Waals surface area contributed by atoms with Gasteiger partial charge in [-0.25, -0.2) is 0 Å². The van der Waals surface area contributed by atoms with E-state index in [2.05, 4.69) is 20.8 Å². The minimum Gasteiger partial charge on any atom is -0.352 e. The third-order valence-electron chi connectivity index (χ3n) is 4.46. The predicted molar refractivity (Wildman–Crippen MR) is 110 cm³/mol. The summed E-state index contributed by atoms with van der Waals surface area (Å²) in [6, 6.07) is 21.5. The van der Waals surface area contributed by atoms with Gasteiger partial charge in [0.1, 0.15) is 5.82 Å². The maximum atomic E-state index is 12.4. The number of fused-ring (bicyclic) bond motifs is 1. The number of carbonyl (C=O) groups is 2. The number of hydrogen-bond donors (Lipinski definition) is 2. The first-order valence-corrected chi connectivity index (χ1v) is 9.24. The second kappa shape index (κ2) is 8.35. The van der Waals surface area contributed by atoms with Crippen LogP contribution in [0.3, 0.4) is 0 Å². The summed E-state index contributed by atoms with van der Waals surface area (Å²) < 4.78 is 1.90. The molecular formula is C22H19N5O2. The van der Waals surface area contributed by atoms with E-state index in [9.17, 15) is 9.59 Å². The highest BCUT2D eigenvalue weighted by Gasteiger charge is 2.09. The molecule has 0 fully saturated rings. The van der Waals surface area contributed by atoms with Crippen LogP contribution < -0.4 is 10.6 Å². The first-order chi connectivity index (χ1) is 14.2. The quantitative estimate of drug-likeness (QED) is 0.534. The van der Waals surface area contributed by atoms with Crippen LogP contribution in [0.4, 0.5) is 5.69 Å². The van der Waals surface area contributed by atoms with E-state index in [0.29, 0.717) is 29.8 Å². The fourth-order valence-corrected chi connectivity index (χ4v) is 2.95. The van der Waals surface area contributed by atoms with Gasteiger partial charge in [0.2, 0.25) is 0 Å². The van der Waals surface area contributed by atoms with Crippen LogP contribution in [0.2, 0.25) is 0 Å². The number of amides is 2. The van der Waals surface area contributed by atoms with Gasteiger partial charge in [0.15, 0.2) is 5.65 Å². The van der Waals surface area contributed by atoms with E-state index in [1.165, 1.54) is 0 Å². The summed E-state index contributed by atoms with van der Waals surface area (Å²) in [6.45, 7) is 0.445. The Morgan fingerprint density at radius 3 is 2.31 bits per heavy atom. The Morgan fingerprint density at radius 2 is 1.52 bits per heavy atom. The Morgan fingerprint density at radius 1 is 0.793 bits per heavy atom. The molecule has 2 heterocycles. The summed E-state index contributed by atoms with van der Waals surface area (Å²) >= 11 is 0. The van der Waals surface area contributed by atoms with Crippen molar-refractivity contribution in [1.29, 1.82) is 0 Å². The number of nitrogens with one attached hydrogen (secondary N) is 2. The lowest BCUT2D eigenvalue weighted by Crippen LogP contribution is -2.26. The van der Waals surface area contributed by atoms with Gasteiger partial charge in [-0.2, -0.15) is 0 Å². The highest BCUT2D eigenvalue weighted by Crippen LogP contribution is 2.12. The van der Waals surface area contributed by atoms with Gasteiger partial charge < -0.3 is 10.6 Å². The number of rotatable bonds is 6. The van der Waals surface area contributed by atoms with Gasteiger partial charge in [-0.05, 0) is 48.5 Å². The number of anilines is 1. The van der Waals surface area contributed by atoms with Crippen molar-refractivity contribution in [3.63, 3.8) is 0 Å². The van der Waals surface area contributed by atoms with Crippen molar-refractivity contribution in [2.45, 2.75) is 6.42 Å². The second-order valence-electron chi connectivity index (χ2n) is 6.45. The molecule has 0 aliphatic carbocycles. The summed E-state index contributed by atoms with van der Waals surface area (Å²) in [7, 11) is 0. The van der Waals surface area contributed by atoms with E-state index >= 15 is 0 Å². The van der Waals surface area contributed by atoms with Crippen LogP contribution in [0.15, 0.2) is 79.0 Å². The number of hydrogen-bond acceptors (Lipinski definition) is 4. The van der Waals surface area contributed by atoms with E-state index in [1.807, 2.05) is 47.0 Å². The maximum absolute atomic E-state index is 12.4. The van der Waals surface area contributed by atoms with Gasteiger partial charge in [0.05, 0.1) is 0 Å². The molecule has 0 atom stereocenters. The second-order valence-corrected chi connectivity index (χ2v) is 6.45. The van der Waals surface area contributed by atoms with Crippen molar-refractivity contribution in [3.05, 3.63) is 95.9 Å². The van der Waals surface area contributed by atoms with Gasteiger partial charge in [0.25, 0.3) is 11.8 Å². The smallest absolute Gasteiger partial charge is 0.255 e. The van der Waals surface area contributed by atoms with Crippen LogP contribution in [0.25, 0.3) is 5.65 Å². The van der Waals surface area contributed by atoms with Crippen LogP contribution in [-0.2, 0) is 6.42 Å². The molecule has 7 heteroatoms. The molecule has 0 unspecified atom stereocenters. The molecule has 2 aromatic heterocycles. The SMILES string of the molecule is O=C(NCCc1nnc2ccccn12)c1ccc(NC(=O)c2ccccc2)cc1. The molecule has 7 nitrogen and oxygen atoms in total. The van der Waals surface area contributed by atoms with Crippen LogP contribution in [-0.4, -0.2) is 33.0 Å². The number of pyridine rings is 1. The molecular weight excluding hydrogens is 366 g/mol. The van der Waals surface area contributed by atoms with Gasteiger partial charge in [-0.3, -0.25) is 14.0 Å². The molecule has 0 aliphatic rings. The zero-order chi connectivity index (χ0) is 20.1. The average molecular weight is 385 g/mol. The monoisotopic (exact) mass is 385 g/mol. The van der Waals surface area contributed by atoms with Crippen LogP contribution in [0, 0.1) is 0 Å². The minimum atomic E-state index is -0.191. The largest absolute Gasteiger partial charge is 0.352 e. The third kappa shape index (κ3) is 4.30. The molecule has 144 valence electrons. The molecule has 0 bridgehead atoms. The van der Waals surface area contributed by atoms with Crippen molar-refractivity contribution in [3.8, 4) is 0 Å². The molecule has 0 aliphatic heterocycles. The standard InChI is InChI=1S/C22H19N5O2/c28-21(23-14-13-20-26-25-19-8-4-5-15-27(19)20)17-9-11-18(12-10-17)24-22(29)16-6-2-1-3-7-16/h1-12,15H,13-14H2,(H,23,28)(H,24,29). The summed E-state index contributed by atoms with van der Waals surface area (Å²) in [6.07, 6.45) is 2.47. The average Bonchev–Trinajstić information content (AvgIpc) is 3.18. The zero-order valence-electron chi connectivity index (χ0n) is 15.6. The van der Waals surface area contributed by atoms with Crippen LogP contribution in [0.5, 0.6) is 0 Å². The minimum absolute atomic E-state index is 0.181. The van der Waals surface area contributed by atoms with Gasteiger partial charge in [0, 0.05) is 36.0 Å². The molecule has 0 radical (unpaired) electrons. The van der Waals surface area contributed by atoms with E-state index in [4.69, 9.17) is 0 Å². The van der Waals surface area contributed by atoms with E-state index in [-0.39, 0.29) is 11.8 Å². The lowest BCUT2D eigenvalue weighted by atomic mass is 10.1. The van der Waals surface area contributed by atoms with Crippen molar-refractivity contribution >= 4 is 23.1 Å². The Labute approximate surface area is 167 Å². The van der Waals surface area contributed by atoms with E-state index in [1.54, 1.807) is 36.4 Å². The molecule has 29 heavy (non-hydrogen) atoms. The lowest BCUT2D eigenvalue weighted by molar-refractivity contribution is 0.0953. The molecule has 0 spiro atoms. The van der Waals surface area contributed by atoms with Crippen molar-refractivity contribution in [2.75, 3.05) is 11.9 Å². The van der Waals surface area contributed by atoms with Crippen molar-refractivity contribution < 1.29 is 9.59 Å². The molecule has 4 rings (SSSR count). The summed E-state index contributed by atoms with van der Waals surface area (Å²) in [4.78, 5) is 24.5. The van der Waals surface area contributed by atoms with Crippen LogP contribution >= 0.6 is 0 Å². The van der Waals surface area contributed by atoms with E-state index < -0.39 is 0 Å². The molecule has 2 amide bonds. The van der Waals surface area contributed by atoms with Gasteiger partial charge >= 0.3 is 0 Å². The van der Waals surface area contributed by atoms with Crippen molar-refractivity contribution in [1.82, 2.24) is 19.9 Å². The number of benzene rings is 2. The molecule has 0 saturated carbocycles. The number of aromatic nitrogens is 3. The van der Waals surface area contributed by atoms with Gasteiger partial charge in [-0.1, -0.05) is 24.3 Å². The highest BCUT2D eigenvalue weighted by atomic mass is 16.2. The zero-order valence-corrected chi connectivity index (χ0v) is 15.6. The van der Waals surface area contributed by atoms with Crippen LogP contribution in [0.1, 0.15) is 26.5 Å². The maximum Gasteiger partial charge on any atom is 0.255 e. The van der Waals surface area contributed by atoms with E-state index in [0.717, 1.165) is 11.5 Å². The predicted octanol–water partition coefficient (Wildman–Crippen LogP) is 2.95. The molecule has 2 aromatic carbocycles.